The summed E-state index contributed by atoms with van der Waals surface area (Å²) in [4.78, 5) is 0. The molecule has 0 spiro atoms. The summed E-state index contributed by atoms with van der Waals surface area (Å²) in [6.45, 7) is 13.6. The van der Waals surface area contributed by atoms with Gasteiger partial charge in [-0.2, -0.15) is 0 Å². The van der Waals surface area contributed by atoms with Gasteiger partial charge in [-0.25, -0.2) is 0 Å². The molecule has 0 heterocycles. The Labute approximate surface area is 354 Å². The molecule has 0 atom stereocenters. The zero-order chi connectivity index (χ0) is 41.4. The third-order valence-corrected chi connectivity index (χ3v) is 11.6. The first-order chi connectivity index (χ1) is 28.5. The average Bonchev–Trinajstić information content (AvgIpc) is 3.23. The molecule has 0 fully saturated rings. The third-order valence-electron chi connectivity index (χ3n) is 11.6. The van der Waals surface area contributed by atoms with E-state index in [1.165, 1.54) is 104 Å². The fraction of sp³-hybridized carbons (Fsp3) is 0.556. The molecule has 4 rings (SSSR count). The normalized spacial score (nSPS) is 11.3. The van der Waals surface area contributed by atoms with Gasteiger partial charge in [0.2, 0.25) is 11.5 Å². The minimum atomic E-state index is 0.0429. The number of aryl methyl sites for hydroxylation is 3. The number of hydrogen-bond donors (Lipinski definition) is 1. The Morgan fingerprint density at radius 1 is 0.328 bits per heavy atom. The zero-order valence-corrected chi connectivity index (χ0v) is 37.5. The molecule has 4 aromatic carbocycles. The summed E-state index contributed by atoms with van der Waals surface area (Å²) < 4.78 is 21.2. The Bertz CT molecular complexity index is 1760. The van der Waals surface area contributed by atoms with Gasteiger partial charge < -0.3 is 19.3 Å². The maximum atomic E-state index is 11.8. The molecule has 0 aliphatic rings. The van der Waals surface area contributed by atoms with Gasteiger partial charge in [-0.3, -0.25) is 0 Å². The molecule has 4 heteroatoms. The van der Waals surface area contributed by atoms with Gasteiger partial charge in [-0.05, 0) is 141 Å². The van der Waals surface area contributed by atoms with Crippen molar-refractivity contribution < 1.29 is 19.3 Å². The second kappa shape index (κ2) is 27.0. The van der Waals surface area contributed by atoms with Gasteiger partial charge in [0.15, 0.2) is 11.5 Å². The van der Waals surface area contributed by atoms with E-state index in [1.807, 2.05) is 6.07 Å². The summed E-state index contributed by atoms with van der Waals surface area (Å²) in [6.07, 6.45) is 26.9. The van der Waals surface area contributed by atoms with E-state index in [0.29, 0.717) is 17.2 Å². The number of ether oxygens (including phenoxy) is 3. The molecule has 4 nitrogen and oxygen atoms in total. The molecule has 0 aliphatic carbocycles. The van der Waals surface area contributed by atoms with Gasteiger partial charge in [0.05, 0.1) is 0 Å². The Hall–Kier alpha value is -3.92. The van der Waals surface area contributed by atoms with E-state index in [4.69, 9.17) is 14.2 Å². The van der Waals surface area contributed by atoms with Gasteiger partial charge in [-0.1, -0.05) is 155 Å². The number of benzene rings is 4. The van der Waals surface area contributed by atoms with Crippen LogP contribution in [0.15, 0.2) is 66.7 Å². The number of rotatable bonds is 30. The molecule has 0 unspecified atom stereocenters. The van der Waals surface area contributed by atoms with Crippen molar-refractivity contribution in [3.8, 4) is 40.2 Å². The summed E-state index contributed by atoms with van der Waals surface area (Å²) in [7, 11) is 0. The minimum Gasteiger partial charge on any atom is -0.504 e. The van der Waals surface area contributed by atoms with Crippen LogP contribution in [-0.2, 0) is 38.5 Å². The van der Waals surface area contributed by atoms with Crippen LogP contribution in [0.4, 0.5) is 0 Å². The lowest BCUT2D eigenvalue weighted by molar-refractivity contribution is 0.358. The number of phenolic OH excluding ortho intramolecular Hbond substituents is 1. The van der Waals surface area contributed by atoms with Crippen LogP contribution >= 0.6 is 0 Å². The second-order valence-corrected chi connectivity index (χ2v) is 16.5. The molecule has 0 aliphatic heterocycles. The standard InChI is InChI=1S/C54H78O4/c1-7-13-19-28-42-31-25-37-49(45(42)34-22-16-10-4)56-52-41-40-48(55)53(57-50-38-26-32-43(29-20-14-8-2)46(50)35-23-17-11-5)54(52)58-51-39-27-33-44(30-21-15-9-3)47(51)36-24-18-12-6/h25-27,31-33,37-41,55H,7-24,28-30,34-36H2,1-6H3. The van der Waals surface area contributed by atoms with Crippen LogP contribution in [0, 0.1) is 0 Å². The number of aromatic hydroxyl groups is 1. The lowest BCUT2D eigenvalue weighted by Gasteiger charge is -2.23. The molecule has 0 saturated heterocycles. The summed E-state index contributed by atoms with van der Waals surface area (Å²) >= 11 is 0. The highest BCUT2D eigenvalue weighted by atomic mass is 16.5. The smallest absolute Gasteiger partial charge is 0.216 e. The van der Waals surface area contributed by atoms with Crippen molar-refractivity contribution in [2.45, 2.75) is 196 Å². The van der Waals surface area contributed by atoms with Crippen molar-refractivity contribution in [1.29, 1.82) is 0 Å². The molecule has 58 heavy (non-hydrogen) atoms. The van der Waals surface area contributed by atoms with Gasteiger partial charge in [0.1, 0.15) is 17.2 Å². The summed E-state index contributed by atoms with van der Waals surface area (Å²) in [6, 6.07) is 23.0. The van der Waals surface area contributed by atoms with Crippen LogP contribution in [0.25, 0.3) is 0 Å². The maximum absolute atomic E-state index is 11.8. The van der Waals surface area contributed by atoms with E-state index in [-0.39, 0.29) is 5.75 Å². The maximum Gasteiger partial charge on any atom is 0.216 e. The zero-order valence-electron chi connectivity index (χ0n) is 37.5. The molecule has 0 saturated carbocycles. The highest BCUT2D eigenvalue weighted by Gasteiger charge is 2.24. The first-order valence-corrected chi connectivity index (χ1v) is 23.7. The molecular weight excluding hydrogens is 713 g/mol. The first-order valence-electron chi connectivity index (χ1n) is 23.7. The van der Waals surface area contributed by atoms with Crippen molar-refractivity contribution >= 4 is 0 Å². The predicted octanol–water partition coefficient (Wildman–Crippen LogP) is 17.2. The fourth-order valence-corrected chi connectivity index (χ4v) is 8.17. The number of hydrogen-bond acceptors (Lipinski definition) is 4. The third kappa shape index (κ3) is 14.4. The van der Waals surface area contributed by atoms with Crippen molar-refractivity contribution in [3.05, 3.63) is 100 Å². The summed E-state index contributed by atoms with van der Waals surface area (Å²) in [5.41, 5.74) is 7.83. The molecule has 4 aromatic rings. The molecule has 0 aromatic heterocycles. The average molecular weight is 791 g/mol. The van der Waals surface area contributed by atoms with Crippen LogP contribution in [0.3, 0.4) is 0 Å². The van der Waals surface area contributed by atoms with Crippen LogP contribution in [0.5, 0.6) is 40.2 Å². The quantitative estimate of drug-likeness (QED) is 0.0535. The van der Waals surface area contributed by atoms with E-state index in [0.717, 1.165) is 101 Å². The molecule has 318 valence electrons. The first kappa shape index (κ1) is 46.8. The van der Waals surface area contributed by atoms with Crippen LogP contribution in [-0.4, -0.2) is 5.11 Å². The van der Waals surface area contributed by atoms with Gasteiger partial charge in [-0.15, -0.1) is 0 Å². The van der Waals surface area contributed by atoms with E-state index >= 15 is 0 Å². The van der Waals surface area contributed by atoms with Crippen molar-refractivity contribution in [1.82, 2.24) is 0 Å². The highest BCUT2D eigenvalue weighted by Crippen LogP contribution is 2.51. The lowest BCUT2D eigenvalue weighted by atomic mass is 9.96. The molecule has 0 radical (unpaired) electrons. The molecule has 0 bridgehead atoms. The van der Waals surface area contributed by atoms with Crippen LogP contribution in [0.1, 0.15) is 190 Å². The monoisotopic (exact) mass is 791 g/mol. The predicted molar refractivity (Wildman–Crippen MR) is 247 cm³/mol. The number of unbranched alkanes of at least 4 members (excludes halogenated alkanes) is 12. The van der Waals surface area contributed by atoms with Crippen LogP contribution < -0.4 is 14.2 Å². The van der Waals surface area contributed by atoms with Crippen LogP contribution in [0.2, 0.25) is 0 Å². The second-order valence-electron chi connectivity index (χ2n) is 16.5. The van der Waals surface area contributed by atoms with E-state index in [9.17, 15) is 5.11 Å². The molecule has 1 N–H and O–H groups in total. The Kier molecular flexibility index (Phi) is 21.7. The van der Waals surface area contributed by atoms with Crippen molar-refractivity contribution in [3.63, 3.8) is 0 Å². The van der Waals surface area contributed by atoms with Crippen molar-refractivity contribution in [2.75, 3.05) is 0 Å². The fourth-order valence-electron chi connectivity index (χ4n) is 8.17. The van der Waals surface area contributed by atoms with Gasteiger partial charge >= 0.3 is 0 Å². The highest BCUT2D eigenvalue weighted by molar-refractivity contribution is 5.63. The Balaban J connectivity index is 1.90. The largest absolute Gasteiger partial charge is 0.504 e. The van der Waals surface area contributed by atoms with E-state index in [2.05, 4.69) is 96.1 Å². The van der Waals surface area contributed by atoms with E-state index in [1.54, 1.807) is 6.07 Å². The Morgan fingerprint density at radius 2 is 0.655 bits per heavy atom. The summed E-state index contributed by atoms with van der Waals surface area (Å²) in [5.74, 6) is 3.80. The minimum absolute atomic E-state index is 0.0429. The van der Waals surface area contributed by atoms with Gasteiger partial charge in [0.25, 0.3) is 0 Å². The topological polar surface area (TPSA) is 47.9 Å². The molecular formula is C54H78O4. The molecule has 0 amide bonds. The lowest BCUT2D eigenvalue weighted by Crippen LogP contribution is -2.04. The van der Waals surface area contributed by atoms with E-state index < -0.39 is 0 Å². The summed E-state index contributed by atoms with van der Waals surface area (Å²) in [5, 5.41) is 11.8. The Morgan fingerprint density at radius 3 is 1.02 bits per heavy atom. The van der Waals surface area contributed by atoms with Gasteiger partial charge in [0, 0.05) is 0 Å². The van der Waals surface area contributed by atoms with Crippen molar-refractivity contribution in [2.24, 2.45) is 0 Å². The SMILES string of the molecule is CCCCCc1cccc(Oc2ccc(O)c(Oc3cccc(CCCCC)c3CCCCC)c2Oc2cccc(CCCCC)c2CCCCC)c1CCCCC. The number of phenols is 1.